The number of nitrogens with one attached hydrogen (secondary N) is 1. The quantitative estimate of drug-likeness (QED) is 0.654. The largest absolute Gasteiger partial charge is 0.492 e. The van der Waals surface area contributed by atoms with E-state index in [-0.39, 0.29) is 13.0 Å². The zero-order valence-corrected chi connectivity index (χ0v) is 13.2. The molecule has 1 rings (SSSR count). The first kappa shape index (κ1) is 18.4. The summed E-state index contributed by atoms with van der Waals surface area (Å²) in [4.78, 5) is 0. The number of rotatable bonds is 8. The van der Waals surface area contributed by atoms with Gasteiger partial charge >= 0.3 is 6.18 Å². The van der Waals surface area contributed by atoms with Crippen molar-refractivity contribution in [1.29, 1.82) is 0 Å². The van der Waals surface area contributed by atoms with Gasteiger partial charge in [0.2, 0.25) is 0 Å². The normalized spacial score (nSPS) is 11.7. The number of ether oxygens (including phenoxy) is 1. The van der Waals surface area contributed by atoms with E-state index in [4.69, 9.17) is 27.9 Å². The van der Waals surface area contributed by atoms with Gasteiger partial charge in [0.1, 0.15) is 5.75 Å². The molecule has 1 aromatic carbocycles. The van der Waals surface area contributed by atoms with E-state index in [1.165, 1.54) is 6.07 Å². The summed E-state index contributed by atoms with van der Waals surface area (Å²) in [6, 6.07) is 3.22. The lowest BCUT2D eigenvalue weighted by Gasteiger charge is -2.15. The number of benzene rings is 1. The van der Waals surface area contributed by atoms with E-state index in [9.17, 15) is 13.2 Å². The minimum absolute atomic E-state index is 0.0400. The summed E-state index contributed by atoms with van der Waals surface area (Å²) in [5.74, 6) is 0.395. The Balaban J connectivity index is 2.65. The van der Waals surface area contributed by atoms with Crippen molar-refractivity contribution in [2.45, 2.75) is 38.9 Å². The molecular weight excluding hydrogens is 326 g/mol. The smallest absolute Gasteiger partial charge is 0.389 e. The lowest BCUT2D eigenvalue weighted by Crippen LogP contribution is -2.15. The highest BCUT2D eigenvalue weighted by Gasteiger charge is 2.26. The van der Waals surface area contributed by atoms with Crippen LogP contribution in [0.3, 0.4) is 0 Å². The summed E-state index contributed by atoms with van der Waals surface area (Å²) in [6.45, 7) is 3.31. The minimum Gasteiger partial charge on any atom is -0.492 e. The maximum absolute atomic E-state index is 12.1. The number of hydrogen-bond donors (Lipinski definition) is 1. The SMILES string of the molecule is CCCNCc1cc(Cl)cc(Cl)c1OCCCC(F)(F)F. The van der Waals surface area contributed by atoms with Crippen molar-refractivity contribution in [2.24, 2.45) is 0 Å². The first-order valence-electron chi connectivity index (χ1n) is 6.71. The maximum atomic E-state index is 12.1. The molecule has 2 nitrogen and oxygen atoms in total. The van der Waals surface area contributed by atoms with E-state index < -0.39 is 12.6 Å². The first-order valence-corrected chi connectivity index (χ1v) is 7.47. The third-order valence-corrected chi connectivity index (χ3v) is 3.18. The third-order valence-electron chi connectivity index (χ3n) is 2.68. The second kappa shape index (κ2) is 8.71. The van der Waals surface area contributed by atoms with Crippen LogP contribution in [0.15, 0.2) is 12.1 Å². The summed E-state index contributed by atoms with van der Waals surface area (Å²) in [7, 11) is 0. The van der Waals surface area contributed by atoms with Gasteiger partial charge in [0.05, 0.1) is 11.6 Å². The second-order valence-electron chi connectivity index (χ2n) is 4.62. The Morgan fingerprint density at radius 1 is 1.24 bits per heavy atom. The molecule has 0 fully saturated rings. The number of hydrogen-bond acceptors (Lipinski definition) is 2. The lowest BCUT2D eigenvalue weighted by atomic mass is 10.2. The molecule has 0 heterocycles. The Morgan fingerprint density at radius 2 is 1.95 bits per heavy atom. The van der Waals surface area contributed by atoms with Gasteiger partial charge in [-0.3, -0.25) is 0 Å². The molecule has 0 amide bonds. The van der Waals surface area contributed by atoms with E-state index >= 15 is 0 Å². The molecule has 1 N–H and O–H groups in total. The van der Waals surface area contributed by atoms with Crippen molar-refractivity contribution in [1.82, 2.24) is 5.32 Å². The lowest BCUT2D eigenvalue weighted by molar-refractivity contribution is -0.136. The van der Waals surface area contributed by atoms with Gasteiger partial charge in [-0.1, -0.05) is 30.1 Å². The molecule has 0 aliphatic carbocycles. The Kier molecular flexibility index (Phi) is 7.63. The van der Waals surface area contributed by atoms with Crippen molar-refractivity contribution in [3.05, 3.63) is 27.7 Å². The van der Waals surface area contributed by atoms with Gasteiger partial charge in [-0.25, -0.2) is 0 Å². The van der Waals surface area contributed by atoms with Crippen LogP contribution in [-0.2, 0) is 6.54 Å². The van der Waals surface area contributed by atoms with Crippen molar-refractivity contribution in [3.63, 3.8) is 0 Å². The molecule has 7 heteroatoms. The predicted molar refractivity (Wildman–Crippen MR) is 79.2 cm³/mol. The van der Waals surface area contributed by atoms with Crippen LogP contribution in [0.5, 0.6) is 5.75 Å². The highest BCUT2D eigenvalue weighted by Crippen LogP contribution is 2.33. The fraction of sp³-hybridized carbons (Fsp3) is 0.571. The average Bonchev–Trinajstić information content (AvgIpc) is 2.35. The fourth-order valence-electron chi connectivity index (χ4n) is 1.75. The summed E-state index contributed by atoms with van der Waals surface area (Å²) < 4.78 is 41.7. The molecule has 120 valence electrons. The molecular formula is C14H18Cl2F3NO. The van der Waals surface area contributed by atoms with Crippen molar-refractivity contribution >= 4 is 23.2 Å². The molecule has 0 radical (unpaired) electrons. The van der Waals surface area contributed by atoms with Gasteiger partial charge < -0.3 is 10.1 Å². The Labute approximate surface area is 132 Å². The molecule has 0 spiro atoms. The Morgan fingerprint density at radius 3 is 2.57 bits per heavy atom. The molecule has 0 saturated heterocycles. The topological polar surface area (TPSA) is 21.3 Å². The Hall–Kier alpha value is -0.650. The van der Waals surface area contributed by atoms with Gasteiger partial charge in [0.25, 0.3) is 0 Å². The van der Waals surface area contributed by atoms with Gasteiger partial charge in [-0.05, 0) is 31.5 Å². The second-order valence-corrected chi connectivity index (χ2v) is 5.46. The maximum Gasteiger partial charge on any atom is 0.389 e. The van der Waals surface area contributed by atoms with Crippen LogP contribution in [0.1, 0.15) is 31.7 Å². The van der Waals surface area contributed by atoms with Crippen LogP contribution < -0.4 is 10.1 Å². The molecule has 0 unspecified atom stereocenters. The molecule has 21 heavy (non-hydrogen) atoms. The van der Waals surface area contributed by atoms with Crippen LogP contribution in [-0.4, -0.2) is 19.3 Å². The van der Waals surface area contributed by atoms with Gasteiger partial charge in [-0.15, -0.1) is 0 Å². The molecule has 0 aliphatic rings. The molecule has 0 bridgehead atoms. The highest BCUT2D eigenvalue weighted by atomic mass is 35.5. The van der Waals surface area contributed by atoms with Gasteiger partial charge in [0.15, 0.2) is 0 Å². The summed E-state index contributed by atoms with van der Waals surface area (Å²) >= 11 is 12.0. The highest BCUT2D eigenvalue weighted by molar-refractivity contribution is 6.35. The predicted octanol–water partition coefficient (Wildman–Crippen LogP) is 5.21. The molecule has 0 aromatic heterocycles. The van der Waals surface area contributed by atoms with E-state index in [2.05, 4.69) is 5.32 Å². The van der Waals surface area contributed by atoms with Gasteiger partial charge in [0, 0.05) is 23.6 Å². The van der Waals surface area contributed by atoms with Crippen LogP contribution in [0, 0.1) is 0 Å². The van der Waals surface area contributed by atoms with E-state index in [0.29, 0.717) is 22.3 Å². The molecule has 0 aliphatic heterocycles. The summed E-state index contributed by atoms with van der Waals surface area (Å²) in [5.41, 5.74) is 0.743. The Bertz CT molecular complexity index is 453. The van der Waals surface area contributed by atoms with Crippen LogP contribution in [0.4, 0.5) is 13.2 Å². The molecule has 0 saturated carbocycles. The number of halogens is 5. The summed E-state index contributed by atoms with van der Waals surface area (Å²) in [5, 5.41) is 3.96. The third kappa shape index (κ3) is 7.25. The van der Waals surface area contributed by atoms with Crippen molar-refractivity contribution in [3.8, 4) is 5.75 Å². The van der Waals surface area contributed by atoms with E-state index in [1.807, 2.05) is 6.92 Å². The monoisotopic (exact) mass is 343 g/mol. The molecule has 0 atom stereocenters. The van der Waals surface area contributed by atoms with Crippen LogP contribution in [0.2, 0.25) is 10.0 Å². The molecule has 1 aromatic rings. The zero-order chi connectivity index (χ0) is 15.9. The van der Waals surface area contributed by atoms with Crippen LogP contribution >= 0.6 is 23.2 Å². The van der Waals surface area contributed by atoms with Crippen LogP contribution in [0.25, 0.3) is 0 Å². The average molecular weight is 344 g/mol. The minimum atomic E-state index is -4.17. The first-order chi connectivity index (χ1) is 9.83. The van der Waals surface area contributed by atoms with E-state index in [0.717, 1.165) is 18.5 Å². The number of alkyl halides is 3. The fourth-order valence-corrected chi connectivity index (χ4v) is 2.34. The zero-order valence-electron chi connectivity index (χ0n) is 11.7. The summed E-state index contributed by atoms with van der Waals surface area (Å²) in [6.07, 6.45) is -4.18. The van der Waals surface area contributed by atoms with Crippen molar-refractivity contribution < 1.29 is 17.9 Å². The van der Waals surface area contributed by atoms with E-state index in [1.54, 1.807) is 6.07 Å². The standard InChI is InChI=1S/C14H18Cl2F3NO/c1-2-5-20-9-10-7-11(15)8-12(16)13(10)21-6-3-4-14(17,18)19/h7-8,20H,2-6,9H2,1H3. The van der Waals surface area contributed by atoms with Gasteiger partial charge in [-0.2, -0.15) is 13.2 Å². The van der Waals surface area contributed by atoms with Crippen molar-refractivity contribution in [2.75, 3.05) is 13.2 Å².